The molecule has 0 aliphatic rings. The Hall–Kier alpha value is -3.46. The number of carboxylic acids is 1. The Morgan fingerprint density at radius 3 is 2.42 bits per heavy atom. The van der Waals surface area contributed by atoms with Crippen LogP contribution in [0.3, 0.4) is 0 Å². The van der Waals surface area contributed by atoms with Gasteiger partial charge in [0, 0.05) is 31.0 Å². The van der Waals surface area contributed by atoms with E-state index in [1.807, 2.05) is 43.4 Å². The van der Waals surface area contributed by atoms with Crippen LogP contribution in [0.1, 0.15) is 21.0 Å². The summed E-state index contributed by atoms with van der Waals surface area (Å²) in [5.74, 6) is -0.461. The largest absolute Gasteiger partial charge is 0.478 e. The Morgan fingerprint density at radius 1 is 1.27 bits per heavy atom. The minimum absolute atomic E-state index is 0.305. The number of nitrogens with two attached hydrogens (primary N) is 1. The molecule has 0 unspecified atom stereocenters. The summed E-state index contributed by atoms with van der Waals surface area (Å²) in [5, 5.41) is 14.5. The first-order chi connectivity index (χ1) is 15.9. The van der Waals surface area contributed by atoms with E-state index in [2.05, 4.69) is 16.9 Å². The molecule has 0 spiro atoms. The zero-order valence-electron chi connectivity index (χ0n) is 18.3. The third-order valence-corrected chi connectivity index (χ3v) is 5.76. The second-order valence-corrected chi connectivity index (χ2v) is 7.89. The summed E-state index contributed by atoms with van der Waals surface area (Å²) in [5.41, 5.74) is 8.56. The second kappa shape index (κ2) is 12.5. The lowest BCUT2D eigenvalue weighted by molar-refractivity contribution is 0.0699. The number of aldehydes is 1. The van der Waals surface area contributed by atoms with Crippen LogP contribution in [0.2, 0.25) is 5.02 Å². The predicted octanol–water partition coefficient (Wildman–Crippen LogP) is 5.33. The molecule has 0 fully saturated rings. The molecule has 172 valence electrons. The van der Waals surface area contributed by atoms with E-state index < -0.39 is 5.97 Å². The number of aromatic carboxylic acids is 1. The van der Waals surface area contributed by atoms with E-state index in [0.717, 1.165) is 27.8 Å². The topological polar surface area (TPSA) is 110 Å². The van der Waals surface area contributed by atoms with Crippen molar-refractivity contribution in [3.8, 4) is 10.4 Å². The number of nitrogens with one attached hydrogen (secondary N) is 1. The quantitative estimate of drug-likeness (QED) is 0.261. The van der Waals surface area contributed by atoms with Crippen LogP contribution in [0.5, 0.6) is 0 Å². The van der Waals surface area contributed by atoms with Crippen molar-refractivity contribution >= 4 is 51.9 Å². The molecule has 2 aromatic carbocycles. The number of thiophene rings is 1. The summed E-state index contributed by atoms with van der Waals surface area (Å²) in [6.07, 6.45) is 2.42. The van der Waals surface area contributed by atoms with E-state index >= 15 is 0 Å². The fourth-order valence-corrected chi connectivity index (χ4v) is 4.02. The molecule has 0 saturated carbocycles. The molecule has 2 aromatic heterocycles. The molecule has 0 radical (unpaired) electrons. The molecule has 4 N–H and O–H groups in total. The average molecular weight is 485 g/mol. The number of benzene rings is 2. The van der Waals surface area contributed by atoms with E-state index in [4.69, 9.17) is 17.3 Å². The molecule has 9 heteroatoms. The van der Waals surface area contributed by atoms with Crippen LogP contribution in [0, 0.1) is 0 Å². The van der Waals surface area contributed by atoms with Crippen molar-refractivity contribution in [2.45, 2.75) is 0 Å². The van der Waals surface area contributed by atoms with Gasteiger partial charge in [-0.15, -0.1) is 17.9 Å². The number of aromatic nitrogens is 2. The Morgan fingerprint density at radius 2 is 1.91 bits per heavy atom. The summed E-state index contributed by atoms with van der Waals surface area (Å²) >= 11 is 7.21. The molecule has 0 saturated heterocycles. The van der Waals surface area contributed by atoms with Gasteiger partial charge in [-0.05, 0) is 29.8 Å². The Kier molecular flexibility index (Phi) is 9.81. The lowest BCUT2D eigenvalue weighted by Crippen LogP contribution is -2.01. The minimum Gasteiger partial charge on any atom is -0.478 e. The van der Waals surface area contributed by atoms with Crippen molar-refractivity contribution < 1.29 is 14.7 Å². The van der Waals surface area contributed by atoms with Crippen molar-refractivity contribution in [2.75, 3.05) is 18.9 Å². The highest BCUT2D eigenvalue weighted by Gasteiger charge is 2.18. The van der Waals surface area contributed by atoms with Crippen molar-refractivity contribution in [3.63, 3.8) is 0 Å². The van der Waals surface area contributed by atoms with Gasteiger partial charge in [0.25, 0.3) is 0 Å². The fourth-order valence-electron chi connectivity index (χ4n) is 2.84. The van der Waals surface area contributed by atoms with E-state index in [-0.39, 0.29) is 0 Å². The maximum Gasteiger partial charge on any atom is 0.339 e. The first-order valence-electron chi connectivity index (χ1n) is 9.83. The number of carbonyl (C=O) groups excluding carboxylic acids is 1. The van der Waals surface area contributed by atoms with Gasteiger partial charge in [-0.25, -0.2) is 9.78 Å². The number of aryl methyl sites for hydroxylation is 1. The first-order valence-corrected chi connectivity index (χ1v) is 11.1. The number of halogens is 1. The number of carboxylic acid groups (broad SMARTS) is 1. The molecule has 7 nitrogen and oxygen atoms in total. The molecule has 4 rings (SSSR count). The number of hydrogen-bond donors (Lipinski definition) is 3. The molecule has 0 atom stereocenters. The zero-order valence-corrected chi connectivity index (χ0v) is 19.9. The smallest absolute Gasteiger partial charge is 0.339 e. The van der Waals surface area contributed by atoms with Gasteiger partial charge in [-0.2, -0.15) is 0 Å². The van der Waals surface area contributed by atoms with E-state index in [1.165, 1.54) is 11.3 Å². The number of fused-ring (bicyclic) bond motifs is 1. The van der Waals surface area contributed by atoms with Gasteiger partial charge in [0.2, 0.25) is 0 Å². The molecule has 0 bridgehead atoms. The number of rotatable bonds is 5. The van der Waals surface area contributed by atoms with E-state index in [9.17, 15) is 14.7 Å². The van der Waals surface area contributed by atoms with Crippen molar-refractivity contribution in [1.29, 1.82) is 0 Å². The molecule has 0 amide bonds. The van der Waals surface area contributed by atoms with Gasteiger partial charge in [-0.3, -0.25) is 4.79 Å². The molecule has 33 heavy (non-hydrogen) atoms. The van der Waals surface area contributed by atoms with Gasteiger partial charge in [0.05, 0.1) is 21.6 Å². The SMILES string of the molecule is C=CCN.CNc1csc(-c2ccc(Cl)cc2)c1C(=O)O.Cn1c(C=O)nc2ccccc21. The highest BCUT2D eigenvalue weighted by atomic mass is 35.5. The Bertz CT molecular complexity index is 1230. The van der Waals surface area contributed by atoms with Crippen LogP contribution in [0.25, 0.3) is 21.5 Å². The van der Waals surface area contributed by atoms with Gasteiger partial charge in [-0.1, -0.05) is 41.9 Å². The lowest BCUT2D eigenvalue weighted by atomic mass is 10.1. The van der Waals surface area contributed by atoms with Gasteiger partial charge < -0.3 is 20.7 Å². The number of imidazole rings is 1. The van der Waals surface area contributed by atoms with Crippen molar-refractivity contribution in [2.24, 2.45) is 12.8 Å². The molecule has 0 aliphatic heterocycles. The molecule has 2 heterocycles. The third kappa shape index (κ3) is 6.52. The molecule has 0 aliphatic carbocycles. The maximum atomic E-state index is 11.2. The molecular formula is C24H25ClN4O3S. The zero-order chi connectivity index (χ0) is 24.4. The van der Waals surface area contributed by atoms with Crippen LogP contribution in [0.15, 0.2) is 66.6 Å². The number of anilines is 1. The Balaban J connectivity index is 0.000000209. The van der Waals surface area contributed by atoms with Crippen LogP contribution in [-0.4, -0.2) is 40.5 Å². The maximum absolute atomic E-state index is 11.2. The minimum atomic E-state index is -0.930. The third-order valence-electron chi connectivity index (χ3n) is 4.47. The summed E-state index contributed by atoms with van der Waals surface area (Å²) < 4.78 is 1.78. The molecule has 4 aromatic rings. The highest BCUT2D eigenvalue weighted by Crippen LogP contribution is 2.36. The number of carbonyl (C=O) groups is 2. The Labute approximate surface area is 201 Å². The fraction of sp³-hybridized carbons (Fsp3) is 0.125. The summed E-state index contributed by atoms with van der Waals surface area (Å²) in [7, 11) is 3.54. The summed E-state index contributed by atoms with van der Waals surface area (Å²) in [6, 6.07) is 14.8. The van der Waals surface area contributed by atoms with Gasteiger partial charge in [0.1, 0.15) is 5.56 Å². The van der Waals surface area contributed by atoms with Crippen LogP contribution < -0.4 is 11.1 Å². The summed E-state index contributed by atoms with van der Waals surface area (Å²) in [4.78, 5) is 26.6. The average Bonchev–Trinajstić information content (AvgIpc) is 3.41. The highest BCUT2D eigenvalue weighted by molar-refractivity contribution is 7.14. The lowest BCUT2D eigenvalue weighted by Gasteiger charge is -2.03. The molecular weight excluding hydrogens is 460 g/mol. The van der Waals surface area contributed by atoms with Crippen LogP contribution >= 0.6 is 22.9 Å². The van der Waals surface area contributed by atoms with Crippen molar-refractivity contribution in [3.05, 3.63) is 83.0 Å². The number of hydrogen-bond acceptors (Lipinski definition) is 6. The standard InChI is InChI=1S/C12H10ClNO2S.C9H8N2O.C3H7N/c1-14-9-6-17-11(10(9)12(15)16)7-2-4-8(13)5-3-7;1-11-8-5-3-2-4-7(8)10-9(11)6-12;1-2-3-4/h2-6,14H,1H3,(H,15,16);2-6H,1H3;2H,1,3-4H2. The monoisotopic (exact) mass is 484 g/mol. The number of nitrogens with zero attached hydrogens (tertiary/aromatic N) is 2. The van der Waals surface area contributed by atoms with Gasteiger partial charge >= 0.3 is 5.97 Å². The number of para-hydroxylation sites is 2. The van der Waals surface area contributed by atoms with Crippen LogP contribution in [-0.2, 0) is 7.05 Å². The van der Waals surface area contributed by atoms with E-state index in [0.29, 0.717) is 28.6 Å². The summed E-state index contributed by atoms with van der Waals surface area (Å²) in [6.45, 7) is 3.94. The van der Waals surface area contributed by atoms with E-state index in [1.54, 1.807) is 35.2 Å². The van der Waals surface area contributed by atoms with Crippen LogP contribution in [0.4, 0.5) is 5.69 Å². The first kappa shape index (κ1) is 25.8. The predicted molar refractivity (Wildman–Crippen MR) is 137 cm³/mol. The normalized spacial score (nSPS) is 9.82. The van der Waals surface area contributed by atoms with Gasteiger partial charge in [0.15, 0.2) is 12.1 Å². The van der Waals surface area contributed by atoms with Crippen molar-refractivity contribution in [1.82, 2.24) is 9.55 Å². The second-order valence-electron chi connectivity index (χ2n) is 6.58.